The Kier molecular flexibility index (Phi) is 15.4. The number of morpholine rings is 1. The predicted molar refractivity (Wildman–Crippen MR) is 165 cm³/mol. The minimum Gasteiger partial charge on any atom is -0.379 e. The first-order valence-corrected chi connectivity index (χ1v) is 16.5. The van der Waals surface area contributed by atoms with Gasteiger partial charge in [-0.1, -0.05) is 70.4 Å². The Balaban J connectivity index is 1.60. The summed E-state index contributed by atoms with van der Waals surface area (Å²) in [5, 5.41) is 2.04. The normalized spacial score (nSPS) is 13.8. The van der Waals surface area contributed by atoms with Crippen LogP contribution in [0.5, 0.6) is 0 Å². The van der Waals surface area contributed by atoms with Crippen LogP contribution in [0.2, 0.25) is 0 Å². The van der Waals surface area contributed by atoms with E-state index < -0.39 is 0 Å². The van der Waals surface area contributed by atoms with Crippen LogP contribution < -0.4 is 0 Å². The maximum absolute atomic E-state index is 13.8. The number of carbonyl (C=O) groups excluding carboxylic acids is 2. The maximum atomic E-state index is 13.8. The average Bonchev–Trinajstić information content (AvgIpc) is 3.39. The number of nitrogens with zero attached hydrogens (tertiary/aromatic N) is 3. The average molecular weight is 588 g/mol. The molecule has 1 fully saturated rings. The van der Waals surface area contributed by atoms with E-state index >= 15 is 0 Å². The van der Waals surface area contributed by atoms with Gasteiger partial charge in [-0.15, -0.1) is 11.3 Å². The highest BCUT2D eigenvalue weighted by molar-refractivity contribution is 7.10. The smallest absolute Gasteiger partial charge is 0.242 e. The summed E-state index contributed by atoms with van der Waals surface area (Å²) < 4.78 is 19.0. The fourth-order valence-corrected chi connectivity index (χ4v) is 6.09. The molecule has 0 unspecified atom stereocenters. The lowest BCUT2D eigenvalue weighted by atomic mass is 10.1. The van der Waals surface area contributed by atoms with E-state index in [-0.39, 0.29) is 24.2 Å². The molecule has 0 saturated carbocycles. The Morgan fingerprint density at radius 3 is 2.17 bits per heavy atom. The van der Waals surface area contributed by atoms with Crippen LogP contribution in [0.25, 0.3) is 0 Å². The van der Waals surface area contributed by atoms with Crippen molar-refractivity contribution < 1.29 is 18.7 Å². The summed E-state index contributed by atoms with van der Waals surface area (Å²) >= 11 is 1.63. The molecule has 8 heteroatoms. The van der Waals surface area contributed by atoms with E-state index in [4.69, 9.17) is 4.74 Å². The summed E-state index contributed by atoms with van der Waals surface area (Å²) in [6.45, 7) is 9.58. The zero-order valence-corrected chi connectivity index (χ0v) is 26.1. The molecule has 0 atom stereocenters. The van der Waals surface area contributed by atoms with Crippen LogP contribution in [0.3, 0.4) is 0 Å². The van der Waals surface area contributed by atoms with Crippen molar-refractivity contribution >= 4 is 23.2 Å². The molecule has 1 aromatic heterocycles. The maximum Gasteiger partial charge on any atom is 0.242 e. The van der Waals surface area contributed by atoms with Gasteiger partial charge in [-0.05, 0) is 48.1 Å². The number of unbranched alkanes of at least 4 members (excludes halogenated alkanes) is 8. The summed E-state index contributed by atoms with van der Waals surface area (Å²) in [5.74, 6) is -0.315. The first-order valence-electron chi connectivity index (χ1n) is 15.6. The van der Waals surface area contributed by atoms with Gasteiger partial charge in [0, 0.05) is 44.0 Å². The zero-order valence-electron chi connectivity index (χ0n) is 25.3. The third kappa shape index (κ3) is 12.6. The minimum absolute atomic E-state index is 0.0589. The van der Waals surface area contributed by atoms with Gasteiger partial charge >= 0.3 is 0 Å². The first kappa shape index (κ1) is 33.2. The molecule has 2 heterocycles. The van der Waals surface area contributed by atoms with Crippen molar-refractivity contribution in [3.05, 3.63) is 57.5 Å². The van der Waals surface area contributed by atoms with Crippen molar-refractivity contribution in [2.45, 2.75) is 91.1 Å². The van der Waals surface area contributed by atoms with E-state index in [9.17, 15) is 14.0 Å². The van der Waals surface area contributed by atoms with Gasteiger partial charge in [0.05, 0.1) is 26.3 Å². The number of benzene rings is 1. The SMILES string of the molecule is CCCCCCCCCCCC(=O)N(CCN1CCOCC1)CC(=O)N(Cc1ccc(F)cc1)Cc1sccc1C. The number of amides is 2. The Morgan fingerprint density at radius 1 is 0.878 bits per heavy atom. The van der Waals surface area contributed by atoms with Gasteiger partial charge < -0.3 is 14.5 Å². The summed E-state index contributed by atoms with van der Waals surface area (Å²) in [4.78, 5) is 34.2. The molecule has 2 amide bonds. The molecule has 1 saturated heterocycles. The summed E-state index contributed by atoms with van der Waals surface area (Å²) in [6, 6.07) is 8.36. The second kappa shape index (κ2) is 19.0. The van der Waals surface area contributed by atoms with E-state index in [0.717, 1.165) is 54.9 Å². The third-order valence-electron chi connectivity index (χ3n) is 7.90. The number of hydrogen-bond acceptors (Lipinski definition) is 5. The number of halogens is 1. The number of ether oxygens (including phenoxy) is 1. The van der Waals surface area contributed by atoms with E-state index in [1.165, 1.54) is 50.7 Å². The molecular formula is C33H50FN3O3S. The van der Waals surface area contributed by atoms with Crippen molar-refractivity contribution in [2.75, 3.05) is 45.9 Å². The molecule has 6 nitrogen and oxygen atoms in total. The Bertz CT molecular complexity index is 1020. The number of thiophene rings is 1. The molecular weight excluding hydrogens is 537 g/mol. The van der Waals surface area contributed by atoms with Crippen LogP contribution in [0.15, 0.2) is 35.7 Å². The fourth-order valence-electron chi connectivity index (χ4n) is 5.17. The van der Waals surface area contributed by atoms with Gasteiger partial charge in [0.25, 0.3) is 0 Å². The van der Waals surface area contributed by atoms with Gasteiger partial charge in [0.15, 0.2) is 0 Å². The monoisotopic (exact) mass is 587 g/mol. The lowest BCUT2D eigenvalue weighted by Gasteiger charge is -2.31. The summed E-state index contributed by atoms with van der Waals surface area (Å²) in [5.41, 5.74) is 2.02. The van der Waals surface area contributed by atoms with Gasteiger partial charge in [0.1, 0.15) is 5.82 Å². The highest BCUT2D eigenvalue weighted by Gasteiger charge is 2.23. The molecule has 1 aliphatic heterocycles. The van der Waals surface area contributed by atoms with Gasteiger partial charge in [-0.25, -0.2) is 4.39 Å². The quantitative estimate of drug-likeness (QED) is 0.170. The summed E-state index contributed by atoms with van der Waals surface area (Å²) in [7, 11) is 0. The molecule has 0 aliphatic carbocycles. The van der Waals surface area contributed by atoms with Gasteiger partial charge in [-0.3, -0.25) is 14.5 Å². The van der Waals surface area contributed by atoms with Crippen molar-refractivity contribution in [1.29, 1.82) is 0 Å². The van der Waals surface area contributed by atoms with Crippen LogP contribution >= 0.6 is 11.3 Å². The third-order valence-corrected chi connectivity index (χ3v) is 8.91. The second-order valence-electron chi connectivity index (χ2n) is 11.3. The van der Waals surface area contributed by atoms with Gasteiger partial charge in [-0.2, -0.15) is 0 Å². The minimum atomic E-state index is -0.294. The van der Waals surface area contributed by atoms with Crippen LogP contribution in [-0.2, 0) is 27.4 Å². The Hall–Kier alpha value is -2.29. The second-order valence-corrected chi connectivity index (χ2v) is 12.3. The van der Waals surface area contributed by atoms with Crippen molar-refractivity contribution in [3.8, 4) is 0 Å². The van der Waals surface area contributed by atoms with Crippen molar-refractivity contribution in [3.63, 3.8) is 0 Å². The Morgan fingerprint density at radius 2 is 1.54 bits per heavy atom. The van der Waals surface area contributed by atoms with Crippen molar-refractivity contribution in [1.82, 2.24) is 14.7 Å². The predicted octanol–water partition coefficient (Wildman–Crippen LogP) is 6.81. The molecule has 2 aromatic rings. The Labute approximate surface area is 250 Å². The first-order chi connectivity index (χ1) is 20.0. The number of hydrogen-bond donors (Lipinski definition) is 0. The molecule has 0 bridgehead atoms. The van der Waals surface area contributed by atoms with Gasteiger partial charge in [0.2, 0.25) is 11.8 Å². The molecule has 228 valence electrons. The molecule has 1 aromatic carbocycles. The number of rotatable bonds is 19. The molecule has 0 spiro atoms. The standard InChI is InChI=1S/C33H50FN3O3S/c1-3-4-5-6-7-8-9-10-11-12-32(38)36(19-18-35-20-22-40-23-21-35)27-33(39)37(26-31-28(2)17-24-41-31)25-29-13-15-30(34)16-14-29/h13-17,24H,3-12,18-23,25-27H2,1-2H3. The fraction of sp³-hybridized carbons (Fsp3) is 0.636. The van der Waals surface area contributed by atoms with E-state index in [2.05, 4.69) is 24.8 Å². The van der Waals surface area contributed by atoms with Crippen LogP contribution in [0, 0.1) is 12.7 Å². The summed E-state index contributed by atoms with van der Waals surface area (Å²) in [6.07, 6.45) is 11.3. The molecule has 41 heavy (non-hydrogen) atoms. The van der Waals surface area contributed by atoms with Crippen LogP contribution in [0.4, 0.5) is 4.39 Å². The topological polar surface area (TPSA) is 53.1 Å². The highest BCUT2D eigenvalue weighted by atomic mass is 32.1. The number of aryl methyl sites for hydroxylation is 1. The molecule has 3 rings (SSSR count). The van der Waals surface area contributed by atoms with E-state index in [1.54, 1.807) is 33.3 Å². The van der Waals surface area contributed by atoms with E-state index in [1.807, 2.05) is 5.38 Å². The molecule has 0 radical (unpaired) electrons. The van der Waals surface area contributed by atoms with Crippen molar-refractivity contribution in [2.24, 2.45) is 0 Å². The highest BCUT2D eigenvalue weighted by Crippen LogP contribution is 2.20. The molecule has 1 aliphatic rings. The molecule has 0 N–H and O–H groups in total. The lowest BCUT2D eigenvalue weighted by Crippen LogP contribution is -2.47. The lowest BCUT2D eigenvalue weighted by molar-refractivity contribution is -0.141. The zero-order chi connectivity index (χ0) is 29.3. The van der Waals surface area contributed by atoms with E-state index in [0.29, 0.717) is 39.3 Å². The largest absolute Gasteiger partial charge is 0.379 e. The van der Waals surface area contributed by atoms with Crippen LogP contribution in [0.1, 0.15) is 87.1 Å². The number of carbonyl (C=O) groups is 2. The van der Waals surface area contributed by atoms with Crippen LogP contribution in [-0.4, -0.2) is 72.5 Å².